The van der Waals surface area contributed by atoms with Crippen molar-refractivity contribution in [2.75, 3.05) is 0 Å². The number of benzene rings is 1. The van der Waals surface area contributed by atoms with Gasteiger partial charge in [-0.2, -0.15) is 20.0 Å². The third-order valence-electron chi connectivity index (χ3n) is 3.22. The van der Waals surface area contributed by atoms with Gasteiger partial charge in [0.05, 0.1) is 0 Å². The second-order valence-electron chi connectivity index (χ2n) is 5.42. The molecule has 1 aromatic carbocycles. The van der Waals surface area contributed by atoms with Gasteiger partial charge in [0.25, 0.3) is 0 Å². The highest BCUT2D eigenvalue weighted by molar-refractivity contribution is 5.41. The summed E-state index contributed by atoms with van der Waals surface area (Å²) in [5, 5.41) is 0. The maximum Gasteiger partial charge on any atom is 0.237 e. The molecule has 0 bridgehead atoms. The van der Waals surface area contributed by atoms with E-state index < -0.39 is 11.3 Å². The Hall–Kier alpha value is -3.26. The van der Waals surface area contributed by atoms with Crippen LogP contribution >= 0.6 is 0 Å². The Balaban J connectivity index is 3.14. The van der Waals surface area contributed by atoms with Crippen LogP contribution in [0.5, 0.6) is 0 Å². The Morgan fingerprint density at radius 2 is 1.08 bits per heavy atom. The summed E-state index contributed by atoms with van der Waals surface area (Å²) in [4.78, 5) is 56.1. The SMILES string of the molecule is CC(Cc1cccc(CC(C)(N=C=O)N=C=O)c1)(N=C=O)N=C=O. The Labute approximate surface area is 137 Å². The summed E-state index contributed by atoms with van der Waals surface area (Å²) in [6, 6.07) is 6.99. The monoisotopic (exact) mass is 326 g/mol. The molecule has 8 nitrogen and oxygen atoms in total. The van der Waals surface area contributed by atoms with Crippen molar-refractivity contribution in [2.45, 2.75) is 38.0 Å². The van der Waals surface area contributed by atoms with Crippen LogP contribution in [0.1, 0.15) is 25.0 Å². The van der Waals surface area contributed by atoms with Crippen LogP contribution in [0.2, 0.25) is 0 Å². The molecule has 1 aromatic rings. The summed E-state index contributed by atoms with van der Waals surface area (Å²) < 4.78 is 0. The van der Waals surface area contributed by atoms with Gasteiger partial charge in [0.2, 0.25) is 24.3 Å². The minimum Gasteiger partial charge on any atom is -0.211 e. The van der Waals surface area contributed by atoms with E-state index in [1.807, 2.05) is 0 Å². The molecule has 0 heterocycles. The number of isocyanates is 4. The van der Waals surface area contributed by atoms with Crippen LogP contribution in [0.15, 0.2) is 44.2 Å². The van der Waals surface area contributed by atoms with Gasteiger partial charge in [-0.15, -0.1) is 0 Å². The smallest absolute Gasteiger partial charge is 0.211 e. The maximum absolute atomic E-state index is 10.5. The molecule has 0 aromatic heterocycles. The van der Waals surface area contributed by atoms with Crippen molar-refractivity contribution in [2.24, 2.45) is 20.0 Å². The van der Waals surface area contributed by atoms with E-state index in [0.29, 0.717) is 0 Å². The molecule has 0 N–H and O–H groups in total. The van der Waals surface area contributed by atoms with Gasteiger partial charge in [0.1, 0.15) is 0 Å². The molecule has 0 unspecified atom stereocenters. The molecular formula is C16H14N4O4. The molecule has 0 spiro atoms. The summed E-state index contributed by atoms with van der Waals surface area (Å²) >= 11 is 0. The van der Waals surface area contributed by atoms with E-state index in [0.717, 1.165) is 11.1 Å². The van der Waals surface area contributed by atoms with Gasteiger partial charge in [-0.3, -0.25) is 0 Å². The lowest BCUT2D eigenvalue weighted by atomic mass is 9.96. The van der Waals surface area contributed by atoms with Crippen molar-refractivity contribution >= 4 is 24.3 Å². The highest BCUT2D eigenvalue weighted by atomic mass is 16.1. The Morgan fingerprint density at radius 1 is 0.750 bits per heavy atom. The van der Waals surface area contributed by atoms with Crippen LogP contribution in [0, 0.1) is 0 Å². The van der Waals surface area contributed by atoms with E-state index in [2.05, 4.69) is 20.0 Å². The molecule has 0 aliphatic carbocycles. The third kappa shape index (κ3) is 5.50. The highest BCUT2D eigenvalue weighted by Gasteiger charge is 2.25. The lowest BCUT2D eigenvalue weighted by Gasteiger charge is -2.19. The van der Waals surface area contributed by atoms with Crippen LogP contribution in [0.4, 0.5) is 0 Å². The zero-order valence-corrected chi connectivity index (χ0v) is 13.1. The topological polar surface area (TPSA) is 118 Å². The van der Waals surface area contributed by atoms with Gasteiger partial charge >= 0.3 is 0 Å². The van der Waals surface area contributed by atoms with E-state index >= 15 is 0 Å². The first kappa shape index (κ1) is 18.8. The Bertz CT molecular complexity index is 695. The maximum atomic E-state index is 10.5. The first-order chi connectivity index (χ1) is 11.4. The average Bonchev–Trinajstić information content (AvgIpc) is 2.47. The van der Waals surface area contributed by atoms with Crippen LogP contribution in [0.25, 0.3) is 0 Å². The van der Waals surface area contributed by atoms with Crippen molar-refractivity contribution in [3.63, 3.8) is 0 Å². The first-order valence-corrected chi connectivity index (χ1v) is 6.84. The highest BCUT2D eigenvalue weighted by Crippen LogP contribution is 2.22. The number of hydrogen-bond donors (Lipinski definition) is 0. The van der Waals surface area contributed by atoms with Gasteiger partial charge in [0, 0.05) is 12.8 Å². The van der Waals surface area contributed by atoms with Crippen molar-refractivity contribution in [1.82, 2.24) is 0 Å². The lowest BCUT2D eigenvalue weighted by Crippen LogP contribution is -2.23. The van der Waals surface area contributed by atoms with Crippen molar-refractivity contribution in [3.8, 4) is 0 Å². The number of aliphatic imine (C=N–C) groups is 4. The van der Waals surface area contributed by atoms with Crippen molar-refractivity contribution in [1.29, 1.82) is 0 Å². The van der Waals surface area contributed by atoms with Gasteiger partial charge in [0.15, 0.2) is 11.3 Å². The predicted molar refractivity (Wildman–Crippen MR) is 83.1 cm³/mol. The third-order valence-corrected chi connectivity index (χ3v) is 3.22. The van der Waals surface area contributed by atoms with Gasteiger partial charge in [-0.05, 0) is 25.0 Å². The van der Waals surface area contributed by atoms with Crippen LogP contribution in [0.3, 0.4) is 0 Å². The molecule has 24 heavy (non-hydrogen) atoms. The average molecular weight is 326 g/mol. The van der Waals surface area contributed by atoms with Gasteiger partial charge in [-0.1, -0.05) is 24.3 Å². The molecule has 0 aliphatic heterocycles. The van der Waals surface area contributed by atoms with E-state index in [9.17, 15) is 19.2 Å². The molecule has 0 fully saturated rings. The van der Waals surface area contributed by atoms with Crippen molar-refractivity contribution in [3.05, 3.63) is 35.4 Å². The van der Waals surface area contributed by atoms with Crippen molar-refractivity contribution < 1.29 is 19.2 Å². The molecule has 0 atom stereocenters. The number of nitrogens with zero attached hydrogens (tertiary/aromatic N) is 4. The van der Waals surface area contributed by atoms with Crippen LogP contribution in [-0.4, -0.2) is 35.6 Å². The minimum atomic E-state index is -1.30. The summed E-state index contributed by atoms with van der Waals surface area (Å²) in [6.07, 6.45) is 5.87. The Morgan fingerprint density at radius 3 is 1.38 bits per heavy atom. The summed E-state index contributed by atoms with van der Waals surface area (Å²) in [5.74, 6) is 0. The van der Waals surface area contributed by atoms with Gasteiger partial charge in [-0.25, -0.2) is 19.2 Å². The normalized spacial score (nSPS) is 14.4. The number of rotatable bonds is 8. The summed E-state index contributed by atoms with van der Waals surface area (Å²) in [7, 11) is 0. The molecular weight excluding hydrogens is 312 g/mol. The predicted octanol–water partition coefficient (Wildman–Crippen LogP) is 1.55. The molecule has 0 saturated carbocycles. The summed E-state index contributed by atoms with van der Waals surface area (Å²) in [5.41, 5.74) is -1.15. The fourth-order valence-corrected chi connectivity index (χ4v) is 2.22. The molecule has 0 saturated heterocycles. The quantitative estimate of drug-likeness (QED) is 0.532. The largest absolute Gasteiger partial charge is 0.237 e. The fourth-order valence-electron chi connectivity index (χ4n) is 2.22. The summed E-state index contributed by atoms with van der Waals surface area (Å²) in [6.45, 7) is 2.99. The van der Waals surface area contributed by atoms with E-state index in [4.69, 9.17) is 0 Å². The first-order valence-electron chi connectivity index (χ1n) is 6.84. The van der Waals surface area contributed by atoms with E-state index in [1.165, 1.54) is 38.2 Å². The molecule has 1 rings (SSSR count). The van der Waals surface area contributed by atoms with Crippen LogP contribution in [-0.2, 0) is 32.0 Å². The van der Waals surface area contributed by atoms with E-state index in [-0.39, 0.29) is 12.8 Å². The molecule has 0 amide bonds. The molecule has 8 heteroatoms. The second kappa shape index (κ2) is 8.39. The number of carbonyl (C=O) groups excluding carboxylic acids is 4. The van der Waals surface area contributed by atoms with E-state index in [1.54, 1.807) is 24.3 Å². The zero-order chi connectivity index (χ0) is 18.1. The minimum absolute atomic E-state index is 0.163. The van der Waals surface area contributed by atoms with Gasteiger partial charge < -0.3 is 0 Å². The standard InChI is InChI=1S/C16H14N4O4/c1-15(17-9-21,18-10-22)7-13-4-3-5-14(6-13)8-16(2,19-11-23)20-12-24/h3-6H,7-8H2,1-2H3. The molecule has 0 radical (unpaired) electrons. The zero-order valence-electron chi connectivity index (χ0n) is 13.1. The fraction of sp³-hybridized carbons (Fsp3) is 0.375. The molecule has 122 valence electrons. The Kier molecular flexibility index (Phi) is 6.57. The molecule has 0 aliphatic rings. The lowest BCUT2D eigenvalue weighted by molar-refractivity contribution is 0.468. The van der Waals surface area contributed by atoms with Crippen LogP contribution < -0.4 is 0 Å². The second-order valence-corrected chi connectivity index (χ2v) is 5.42. The number of hydrogen-bond acceptors (Lipinski definition) is 8.